The molecule has 0 spiro atoms. The van der Waals surface area contributed by atoms with Gasteiger partial charge in [-0.15, -0.1) is 0 Å². The zero-order valence-electron chi connectivity index (χ0n) is 18.7. The average Bonchev–Trinajstić information content (AvgIpc) is 3.35. The molecule has 7 rings (SSSR count). The van der Waals surface area contributed by atoms with Crippen molar-refractivity contribution >= 4 is 5.57 Å². The van der Waals surface area contributed by atoms with Gasteiger partial charge in [-0.2, -0.15) is 0 Å². The van der Waals surface area contributed by atoms with E-state index in [1.54, 1.807) is 0 Å². The number of fused-ring (bicyclic) bond motifs is 5. The van der Waals surface area contributed by atoms with E-state index in [0.717, 1.165) is 68.5 Å². The Labute approximate surface area is 199 Å². The third-order valence-electron chi connectivity index (χ3n) is 7.74. The lowest BCUT2D eigenvalue weighted by molar-refractivity contribution is 0.121. The van der Waals surface area contributed by atoms with Gasteiger partial charge in [0.2, 0.25) is 0 Å². The third kappa shape index (κ3) is 2.53. The van der Waals surface area contributed by atoms with Crippen LogP contribution in [0.2, 0.25) is 0 Å². The molecule has 4 aromatic rings. The lowest BCUT2D eigenvalue weighted by atomic mass is 9.80. The van der Waals surface area contributed by atoms with Crippen LogP contribution in [-0.4, -0.2) is 10.2 Å². The summed E-state index contributed by atoms with van der Waals surface area (Å²) in [6, 6.07) is 30.8. The average molecular weight is 441 g/mol. The maximum Gasteiger partial charge on any atom is 0.138 e. The summed E-state index contributed by atoms with van der Waals surface area (Å²) in [5.41, 5.74) is 10.5. The van der Waals surface area contributed by atoms with Gasteiger partial charge in [-0.1, -0.05) is 103 Å². The number of aliphatic hydroxyl groups is 2. The van der Waals surface area contributed by atoms with Crippen LogP contribution in [0.25, 0.3) is 27.8 Å². The molecule has 34 heavy (non-hydrogen) atoms. The molecule has 2 unspecified atom stereocenters. The van der Waals surface area contributed by atoms with Crippen molar-refractivity contribution < 1.29 is 10.2 Å². The maximum absolute atomic E-state index is 12.2. The minimum absolute atomic E-state index is 0.592. The van der Waals surface area contributed by atoms with Crippen LogP contribution in [0, 0.1) is 0 Å². The number of rotatable bonds is 2. The van der Waals surface area contributed by atoms with Crippen LogP contribution in [-0.2, 0) is 5.60 Å². The van der Waals surface area contributed by atoms with Gasteiger partial charge in [0.05, 0.1) is 0 Å². The second-order valence-corrected chi connectivity index (χ2v) is 9.43. The molecule has 0 fully saturated rings. The van der Waals surface area contributed by atoms with E-state index < -0.39 is 11.7 Å². The third-order valence-corrected chi connectivity index (χ3v) is 7.74. The molecule has 2 nitrogen and oxygen atoms in total. The highest BCUT2D eigenvalue weighted by Crippen LogP contribution is 2.53. The second kappa shape index (κ2) is 7.14. The zero-order chi connectivity index (χ0) is 22.9. The van der Waals surface area contributed by atoms with E-state index in [2.05, 4.69) is 60.7 Å². The quantitative estimate of drug-likeness (QED) is 0.361. The topological polar surface area (TPSA) is 40.5 Å². The molecule has 3 aliphatic rings. The molecule has 0 amide bonds. The molecule has 0 aliphatic heterocycles. The summed E-state index contributed by atoms with van der Waals surface area (Å²) < 4.78 is 0. The molecule has 4 aromatic carbocycles. The molecule has 0 saturated heterocycles. The molecule has 2 heteroatoms. The van der Waals surface area contributed by atoms with Crippen molar-refractivity contribution in [2.45, 2.75) is 24.5 Å². The minimum Gasteiger partial charge on any atom is -0.384 e. The fourth-order valence-corrected chi connectivity index (χ4v) is 6.18. The highest BCUT2D eigenvalue weighted by molar-refractivity contribution is 5.91. The van der Waals surface area contributed by atoms with E-state index in [1.165, 1.54) is 5.57 Å². The number of hydrogen-bond donors (Lipinski definition) is 2. The summed E-state index contributed by atoms with van der Waals surface area (Å²) in [6.07, 6.45) is 5.59. The van der Waals surface area contributed by atoms with Gasteiger partial charge in [0.15, 0.2) is 0 Å². The van der Waals surface area contributed by atoms with Crippen LogP contribution in [0.4, 0.5) is 0 Å². The second-order valence-electron chi connectivity index (χ2n) is 9.43. The first kappa shape index (κ1) is 19.7. The van der Waals surface area contributed by atoms with Crippen molar-refractivity contribution in [2.75, 3.05) is 0 Å². The molecule has 2 N–H and O–H groups in total. The molecule has 0 bridgehead atoms. The predicted molar refractivity (Wildman–Crippen MR) is 136 cm³/mol. The van der Waals surface area contributed by atoms with Crippen LogP contribution < -0.4 is 0 Å². The van der Waals surface area contributed by atoms with E-state index in [0.29, 0.717) is 0 Å². The molecular weight excluding hydrogens is 416 g/mol. The van der Waals surface area contributed by atoms with Crippen LogP contribution >= 0.6 is 0 Å². The van der Waals surface area contributed by atoms with Crippen molar-refractivity contribution in [3.63, 3.8) is 0 Å². The largest absolute Gasteiger partial charge is 0.384 e. The number of hydrogen-bond acceptors (Lipinski definition) is 2. The molecule has 3 aliphatic carbocycles. The van der Waals surface area contributed by atoms with Crippen LogP contribution in [0.15, 0.2) is 109 Å². The number of benzene rings is 4. The predicted octanol–water partition coefficient (Wildman–Crippen LogP) is 6.77. The standard InChI is InChI=1S/C32H24O2/c33-31-26-11-2-1-10-25(26)30-22(12-7-13-27(30)31)20-16-18-21(19-17-20)32(34)28-14-5-3-8-23(28)24-9-4-6-15-29(24)32/h1-5,7-14,16-19,31,33-34H,6,15H2. The van der Waals surface area contributed by atoms with Crippen molar-refractivity contribution in [3.8, 4) is 22.3 Å². The van der Waals surface area contributed by atoms with E-state index >= 15 is 0 Å². The molecule has 164 valence electrons. The summed E-state index contributed by atoms with van der Waals surface area (Å²) in [6.45, 7) is 0. The number of allylic oxidation sites excluding steroid dienone is 3. The SMILES string of the molecule is OC1c2ccccc2-c2c(-c3ccc(C4(O)C5=C(C=CCC5)c5ccccc54)cc3)cccc21. The number of aliphatic hydroxyl groups excluding tert-OH is 1. The minimum atomic E-state index is -1.10. The van der Waals surface area contributed by atoms with Gasteiger partial charge >= 0.3 is 0 Å². The van der Waals surface area contributed by atoms with Gasteiger partial charge in [-0.25, -0.2) is 0 Å². The Kier molecular flexibility index (Phi) is 4.14. The smallest absolute Gasteiger partial charge is 0.138 e. The fourth-order valence-electron chi connectivity index (χ4n) is 6.18. The van der Waals surface area contributed by atoms with Gasteiger partial charge < -0.3 is 10.2 Å². The Hall–Kier alpha value is -3.72. The van der Waals surface area contributed by atoms with Crippen LogP contribution in [0.3, 0.4) is 0 Å². The van der Waals surface area contributed by atoms with Crippen molar-refractivity contribution in [2.24, 2.45) is 0 Å². The highest BCUT2D eigenvalue weighted by Gasteiger charge is 2.44. The lowest BCUT2D eigenvalue weighted by Crippen LogP contribution is -2.28. The molecule has 0 saturated carbocycles. The summed E-state index contributed by atoms with van der Waals surface area (Å²) >= 11 is 0. The van der Waals surface area contributed by atoms with Gasteiger partial charge in [0.1, 0.15) is 11.7 Å². The van der Waals surface area contributed by atoms with Crippen molar-refractivity contribution in [1.29, 1.82) is 0 Å². The summed E-state index contributed by atoms with van der Waals surface area (Å²) in [7, 11) is 0. The summed E-state index contributed by atoms with van der Waals surface area (Å²) in [4.78, 5) is 0. The molecule has 0 heterocycles. The maximum atomic E-state index is 12.2. The van der Waals surface area contributed by atoms with Crippen LogP contribution in [0.5, 0.6) is 0 Å². The highest BCUT2D eigenvalue weighted by atomic mass is 16.3. The molecule has 2 atom stereocenters. The Morgan fingerprint density at radius 2 is 1.41 bits per heavy atom. The fraction of sp³-hybridized carbons (Fsp3) is 0.125. The van der Waals surface area contributed by atoms with Gasteiger partial charge in [-0.3, -0.25) is 0 Å². The lowest BCUT2D eigenvalue weighted by Gasteiger charge is -2.30. The van der Waals surface area contributed by atoms with Gasteiger partial charge in [-0.05, 0) is 68.5 Å². The first-order valence-corrected chi connectivity index (χ1v) is 11.9. The van der Waals surface area contributed by atoms with E-state index in [1.807, 2.05) is 42.5 Å². The van der Waals surface area contributed by atoms with Gasteiger partial charge in [0, 0.05) is 5.56 Å². The van der Waals surface area contributed by atoms with Crippen molar-refractivity contribution in [3.05, 3.63) is 137 Å². The first-order valence-electron chi connectivity index (χ1n) is 11.9. The Balaban J connectivity index is 1.36. The van der Waals surface area contributed by atoms with E-state index in [9.17, 15) is 10.2 Å². The van der Waals surface area contributed by atoms with E-state index in [-0.39, 0.29) is 0 Å². The summed E-state index contributed by atoms with van der Waals surface area (Å²) in [5.74, 6) is 0. The molecule has 0 aromatic heterocycles. The Morgan fingerprint density at radius 3 is 2.26 bits per heavy atom. The van der Waals surface area contributed by atoms with Gasteiger partial charge in [0.25, 0.3) is 0 Å². The molecule has 0 radical (unpaired) electrons. The zero-order valence-corrected chi connectivity index (χ0v) is 18.7. The van der Waals surface area contributed by atoms with E-state index in [4.69, 9.17) is 0 Å². The first-order chi connectivity index (χ1) is 16.7. The normalized spacial score (nSPS) is 21.8. The molecular formula is C32H24O2. The summed E-state index contributed by atoms with van der Waals surface area (Å²) in [5, 5.41) is 23.1. The monoisotopic (exact) mass is 440 g/mol. The Morgan fingerprint density at radius 1 is 0.706 bits per heavy atom. The van der Waals surface area contributed by atoms with Crippen molar-refractivity contribution in [1.82, 2.24) is 0 Å². The van der Waals surface area contributed by atoms with Crippen LogP contribution in [0.1, 0.15) is 46.8 Å². The Bertz CT molecular complexity index is 1520.